The van der Waals surface area contributed by atoms with E-state index in [0.717, 1.165) is 17.8 Å². The van der Waals surface area contributed by atoms with E-state index in [2.05, 4.69) is 13.8 Å². The minimum absolute atomic E-state index is 0.360. The average molecular weight is 207 g/mol. The highest BCUT2D eigenvalue weighted by molar-refractivity contribution is 5.04. The Morgan fingerprint density at radius 1 is 1.07 bits per heavy atom. The highest BCUT2D eigenvalue weighted by Crippen LogP contribution is 2.63. The number of aliphatic hydroxyl groups is 1. The third-order valence-corrected chi connectivity index (χ3v) is 5.63. The molecule has 1 radical (unpaired) electrons. The van der Waals surface area contributed by atoms with Crippen LogP contribution < -0.4 is 0 Å². The van der Waals surface area contributed by atoms with Crippen LogP contribution in [0.2, 0.25) is 0 Å². The zero-order valence-electron chi connectivity index (χ0n) is 9.78. The fourth-order valence-electron chi connectivity index (χ4n) is 5.14. The van der Waals surface area contributed by atoms with Crippen LogP contribution in [0.25, 0.3) is 0 Å². The van der Waals surface area contributed by atoms with Gasteiger partial charge in [-0.05, 0) is 74.5 Å². The lowest BCUT2D eigenvalue weighted by Crippen LogP contribution is -2.51. The van der Waals surface area contributed by atoms with Crippen LogP contribution >= 0.6 is 0 Å². The third kappa shape index (κ3) is 1.46. The second-order valence-electron chi connectivity index (χ2n) is 6.64. The van der Waals surface area contributed by atoms with Crippen LogP contribution in [0.1, 0.15) is 45.4 Å². The summed E-state index contributed by atoms with van der Waals surface area (Å²) in [7, 11) is 0. The molecule has 4 bridgehead atoms. The smallest absolute Gasteiger partial charge is 0.0572 e. The van der Waals surface area contributed by atoms with Gasteiger partial charge >= 0.3 is 0 Å². The lowest BCUT2D eigenvalue weighted by atomic mass is 9.46. The molecule has 2 unspecified atom stereocenters. The molecule has 0 aromatic heterocycles. The van der Waals surface area contributed by atoms with Crippen LogP contribution in [0, 0.1) is 36.0 Å². The molecule has 0 amide bonds. The molecule has 85 valence electrons. The van der Waals surface area contributed by atoms with Crippen molar-refractivity contribution in [1.29, 1.82) is 0 Å². The molecule has 0 aromatic carbocycles. The Labute approximate surface area is 93.3 Å². The minimum Gasteiger partial charge on any atom is -0.393 e. The summed E-state index contributed by atoms with van der Waals surface area (Å²) in [6.07, 6.45) is 8.24. The van der Waals surface area contributed by atoms with Gasteiger partial charge in [-0.1, -0.05) is 6.92 Å². The first-order chi connectivity index (χ1) is 7.09. The first-order valence-corrected chi connectivity index (χ1v) is 6.60. The van der Waals surface area contributed by atoms with Crippen molar-refractivity contribution in [2.45, 2.75) is 51.6 Å². The Morgan fingerprint density at radius 3 is 1.80 bits per heavy atom. The van der Waals surface area contributed by atoms with E-state index in [1.54, 1.807) is 0 Å². The van der Waals surface area contributed by atoms with E-state index in [4.69, 9.17) is 0 Å². The standard InChI is InChI=1S/C14H23O/c1-9(10(2)15)14-6-11-3-12(7-14)5-13(4-11)8-14/h9-13,15H,2-8H2,1H3. The summed E-state index contributed by atoms with van der Waals surface area (Å²) < 4.78 is 0. The summed E-state index contributed by atoms with van der Waals surface area (Å²) >= 11 is 0. The fraction of sp³-hybridized carbons (Fsp3) is 0.929. The monoisotopic (exact) mass is 207 g/mol. The van der Waals surface area contributed by atoms with Crippen LogP contribution in [0.15, 0.2) is 0 Å². The largest absolute Gasteiger partial charge is 0.393 e. The van der Waals surface area contributed by atoms with Gasteiger partial charge in [0.05, 0.1) is 6.10 Å². The molecule has 4 aliphatic rings. The Hall–Kier alpha value is -0.0400. The molecule has 0 heterocycles. The highest BCUT2D eigenvalue weighted by Gasteiger charge is 2.53. The molecule has 4 rings (SSSR count). The molecule has 1 heteroatoms. The first kappa shape index (κ1) is 10.1. The Balaban J connectivity index is 1.86. The predicted molar refractivity (Wildman–Crippen MR) is 61.1 cm³/mol. The maximum absolute atomic E-state index is 9.77. The van der Waals surface area contributed by atoms with Crippen molar-refractivity contribution in [3.63, 3.8) is 0 Å². The molecule has 15 heavy (non-hydrogen) atoms. The predicted octanol–water partition coefficient (Wildman–Crippen LogP) is 3.03. The summed E-state index contributed by atoms with van der Waals surface area (Å²) in [5, 5.41) is 9.77. The topological polar surface area (TPSA) is 20.2 Å². The van der Waals surface area contributed by atoms with Crippen molar-refractivity contribution in [2.75, 3.05) is 0 Å². The molecular formula is C14H23O. The maximum atomic E-state index is 9.77. The van der Waals surface area contributed by atoms with Crippen LogP contribution in [0.4, 0.5) is 0 Å². The second-order valence-corrected chi connectivity index (χ2v) is 6.64. The molecule has 0 saturated heterocycles. The molecular weight excluding hydrogens is 184 g/mol. The fourth-order valence-corrected chi connectivity index (χ4v) is 5.14. The van der Waals surface area contributed by atoms with Crippen molar-refractivity contribution in [2.24, 2.45) is 29.1 Å². The molecule has 1 nitrogen and oxygen atoms in total. The average Bonchev–Trinajstić information content (AvgIpc) is 2.14. The van der Waals surface area contributed by atoms with E-state index in [1.165, 1.54) is 38.5 Å². The van der Waals surface area contributed by atoms with Crippen LogP contribution in [-0.4, -0.2) is 11.2 Å². The van der Waals surface area contributed by atoms with E-state index in [1.807, 2.05) is 0 Å². The van der Waals surface area contributed by atoms with E-state index in [0.29, 0.717) is 11.3 Å². The van der Waals surface area contributed by atoms with Crippen molar-refractivity contribution in [3.05, 3.63) is 6.92 Å². The summed E-state index contributed by atoms with van der Waals surface area (Å²) in [5.74, 6) is 3.36. The molecule has 4 aliphatic carbocycles. The molecule has 0 aliphatic heterocycles. The van der Waals surface area contributed by atoms with Gasteiger partial charge in [-0.3, -0.25) is 0 Å². The molecule has 2 atom stereocenters. The van der Waals surface area contributed by atoms with Crippen LogP contribution in [0.3, 0.4) is 0 Å². The first-order valence-electron chi connectivity index (χ1n) is 6.60. The van der Waals surface area contributed by atoms with Crippen LogP contribution in [0.5, 0.6) is 0 Å². The van der Waals surface area contributed by atoms with Crippen molar-refractivity contribution >= 4 is 0 Å². The molecule has 0 spiro atoms. The highest BCUT2D eigenvalue weighted by atomic mass is 16.3. The zero-order valence-corrected chi connectivity index (χ0v) is 9.78. The van der Waals surface area contributed by atoms with E-state index >= 15 is 0 Å². The Kier molecular flexibility index (Phi) is 2.18. The lowest BCUT2D eigenvalue weighted by molar-refractivity contribution is -0.104. The molecule has 0 aromatic rings. The molecule has 4 fully saturated rings. The quantitative estimate of drug-likeness (QED) is 0.738. The zero-order chi connectivity index (χ0) is 10.6. The summed E-state index contributed by atoms with van der Waals surface area (Å²) in [6.45, 7) is 6.08. The summed E-state index contributed by atoms with van der Waals surface area (Å²) in [5.41, 5.74) is 0.468. The number of aliphatic hydroxyl groups excluding tert-OH is 1. The van der Waals surface area contributed by atoms with Gasteiger partial charge in [-0.2, -0.15) is 0 Å². The van der Waals surface area contributed by atoms with Gasteiger partial charge < -0.3 is 5.11 Å². The SMILES string of the molecule is [CH2]C(O)C(C)C12CC3CC(CC(C3)C1)C2. The molecule has 4 saturated carbocycles. The van der Waals surface area contributed by atoms with E-state index in [9.17, 15) is 5.11 Å². The van der Waals surface area contributed by atoms with Crippen molar-refractivity contribution < 1.29 is 5.11 Å². The normalized spacial score (nSPS) is 51.8. The van der Waals surface area contributed by atoms with Gasteiger partial charge in [0.15, 0.2) is 0 Å². The second kappa shape index (κ2) is 3.23. The minimum atomic E-state index is -0.360. The van der Waals surface area contributed by atoms with E-state index < -0.39 is 0 Å². The van der Waals surface area contributed by atoms with Gasteiger partial charge in [0.1, 0.15) is 0 Å². The number of rotatable bonds is 2. The van der Waals surface area contributed by atoms with Crippen LogP contribution in [-0.2, 0) is 0 Å². The lowest BCUT2D eigenvalue weighted by Gasteiger charge is -2.59. The Morgan fingerprint density at radius 2 is 1.47 bits per heavy atom. The van der Waals surface area contributed by atoms with Gasteiger partial charge in [0, 0.05) is 0 Å². The van der Waals surface area contributed by atoms with Gasteiger partial charge in [0.25, 0.3) is 0 Å². The van der Waals surface area contributed by atoms with Gasteiger partial charge in [-0.15, -0.1) is 0 Å². The number of hydrogen-bond acceptors (Lipinski definition) is 1. The number of hydrogen-bond donors (Lipinski definition) is 1. The maximum Gasteiger partial charge on any atom is 0.0572 e. The van der Waals surface area contributed by atoms with Crippen molar-refractivity contribution in [3.8, 4) is 0 Å². The Bertz CT molecular complexity index is 221. The summed E-state index contributed by atoms with van der Waals surface area (Å²) in [4.78, 5) is 0. The third-order valence-electron chi connectivity index (χ3n) is 5.63. The van der Waals surface area contributed by atoms with Crippen molar-refractivity contribution in [1.82, 2.24) is 0 Å². The van der Waals surface area contributed by atoms with E-state index in [-0.39, 0.29) is 6.10 Å². The summed E-state index contributed by atoms with van der Waals surface area (Å²) in [6, 6.07) is 0. The van der Waals surface area contributed by atoms with Gasteiger partial charge in [-0.25, -0.2) is 0 Å². The van der Waals surface area contributed by atoms with Gasteiger partial charge in [0.2, 0.25) is 0 Å². The molecule has 1 N–H and O–H groups in total.